The monoisotopic (exact) mass is 513 g/mol. The fourth-order valence-electron chi connectivity index (χ4n) is 4.24. The van der Waals surface area contributed by atoms with Crippen molar-refractivity contribution in [2.24, 2.45) is 7.05 Å². The van der Waals surface area contributed by atoms with Gasteiger partial charge in [0.1, 0.15) is 23.9 Å². The third-order valence-electron chi connectivity index (χ3n) is 6.64. The number of carbonyl (C=O) groups is 1. The molecule has 4 aromatic rings. The second-order valence-electron chi connectivity index (χ2n) is 9.48. The second kappa shape index (κ2) is 11.9. The molecule has 0 aliphatic carbocycles. The van der Waals surface area contributed by atoms with Gasteiger partial charge in [-0.3, -0.25) is 4.79 Å². The summed E-state index contributed by atoms with van der Waals surface area (Å²) in [5, 5.41) is 4.00. The van der Waals surface area contributed by atoms with Gasteiger partial charge in [0.05, 0.1) is 18.5 Å². The number of aryl methyl sites for hydroxylation is 1. The van der Waals surface area contributed by atoms with Crippen LogP contribution in [0.5, 0.6) is 11.5 Å². The van der Waals surface area contributed by atoms with Crippen LogP contribution in [-0.2, 0) is 18.3 Å². The molecule has 0 spiro atoms. The molecular weight excluding hydrogens is 478 g/mol. The number of rotatable bonds is 11. The quantitative estimate of drug-likeness (QED) is 0.282. The van der Waals surface area contributed by atoms with E-state index in [-0.39, 0.29) is 5.91 Å². The molecule has 8 heteroatoms. The predicted octanol–water partition coefficient (Wildman–Crippen LogP) is 5.08. The van der Waals surface area contributed by atoms with E-state index in [1.807, 2.05) is 38.4 Å². The van der Waals surface area contributed by atoms with Crippen LogP contribution in [0.4, 0.5) is 5.69 Å². The molecule has 1 N–H and O–H groups in total. The van der Waals surface area contributed by atoms with Crippen LogP contribution in [0.3, 0.4) is 0 Å². The van der Waals surface area contributed by atoms with Gasteiger partial charge in [-0.2, -0.15) is 0 Å². The number of nitrogens with zero attached hydrogens (tertiary/aromatic N) is 4. The number of aromatic nitrogens is 3. The lowest BCUT2D eigenvalue weighted by Crippen LogP contribution is -2.30. The number of carbonyl (C=O) groups excluding carboxylic acids is 1. The van der Waals surface area contributed by atoms with Gasteiger partial charge in [-0.1, -0.05) is 24.8 Å². The molecule has 0 bridgehead atoms. The molecule has 2 heterocycles. The number of ether oxygens (including phenoxy) is 2. The number of benzene rings is 2. The summed E-state index contributed by atoms with van der Waals surface area (Å²) in [6, 6.07) is 14.2. The first-order chi connectivity index (χ1) is 18.3. The van der Waals surface area contributed by atoms with Gasteiger partial charge in [-0.15, -0.1) is 0 Å². The van der Waals surface area contributed by atoms with Crippen LogP contribution in [0.15, 0.2) is 67.5 Å². The Morgan fingerprint density at radius 1 is 1.21 bits per heavy atom. The molecule has 2 aromatic heterocycles. The highest BCUT2D eigenvalue weighted by atomic mass is 16.5. The fraction of sp³-hybridized carbons (Fsp3) is 0.300. The number of nitrogens with one attached hydrogen (secondary N) is 1. The molecule has 0 fully saturated rings. The Bertz CT molecular complexity index is 1440. The van der Waals surface area contributed by atoms with Crippen molar-refractivity contribution in [1.29, 1.82) is 0 Å². The van der Waals surface area contributed by atoms with E-state index in [0.717, 1.165) is 34.3 Å². The summed E-state index contributed by atoms with van der Waals surface area (Å²) >= 11 is 0. The minimum atomic E-state index is -0.320. The zero-order valence-corrected chi connectivity index (χ0v) is 22.7. The lowest BCUT2D eigenvalue weighted by atomic mass is 10.1. The van der Waals surface area contributed by atoms with Gasteiger partial charge >= 0.3 is 0 Å². The number of amides is 1. The topological polar surface area (TPSA) is 81.5 Å². The van der Waals surface area contributed by atoms with Gasteiger partial charge in [-0.25, -0.2) is 9.97 Å². The standard InChI is InChI=1S/C30H35N5O3/c1-7-30(36)33-25-16-21(27(37-6)18-28(25)38-15-14-34(4)20(2)3)17-29-31-13-12-24(32-29)23-19-35(5)26-11-9-8-10-22(23)26/h7-13,16,18-20H,1,14-15,17H2,2-6H3,(H,33,36). The van der Waals surface area contributed by atoms with E-state index in [1.54, 1.807) is 19.4 Å². The molecule has 198 valence electrons. The van der Waals surface area contributed by atoms with Crippen molar-refractivity contribution < 1.29 is 14.3 Å². The Labute approximate surface area is 223 Å². The highest BCUT2D eigenvalue weighted by Crippen LogP contribution is 2.35. The molecule has 1 amide bonds. The Kier molecular flexibility index (Phi) is 8.43. The maximum atomic E-state index is 12.2. The summed E-state index contributed by atoms with van der Waals surface area (Å²) in [4.78, 5) is 23.8. The van der Waals surface area contributed by atoms with Crippen LogP contribution >= 0.6 is 0 Å². The first-order valence-electron chi connectivity index (χ1n) is 12.6. The Balaban J connectivity index is 1.65. The first kappa shape index (κ1) is 26.9. The van der Waals surface area contributed by atoms with Crippen molar-refractivity contribution in [3.05, 3.63) is 78.9 Å². The molecule has 2 aromatic carbocycles. The minimum Gasteiger partial charge on any atom is -0.496 e. The number of anilines is 1. The number of likely N-dealkylation sites (N-methyl/N-ethyl adjacent to an activating group) is 1. The van der Waals surface area contributed by atoms with Gasteiger partial charge in [0.25, 0.3) is 0 Å². The third kappa shape index (κ3) is 6.03. The van der Waals surface area contributed by atoms with Crippen molar-refractivity contribution in [3.63, 3.8) is 0 Å². The largest absolute Gasteiger partial charge is 0.496 e. The average molecular weight is 514 g/mol. The summed E-state index contributed by atoms with van der Waals surface area (Å²) < 4.78 is 13.9. The summed E-state index contributed by atoms with van der Waals surface area (Å²) in [5.41, 5.74) is 4.41. The first-order valence-corrected chi connectivity index (χ1v) is 12.6. The number of fused-ring (bicyclic) bond motifs is 1. The summed E-state index contributed by atoms with van der Waals surface area (Å²) in [7, 11) is 5.69. The van der Waals surface area contributed by atoms with Gasteiger partial charge in [0.2, 0.25) is 5.91 Å². The molecular formula is C30H35N5O3. The Morgan fingerprint density at radius 3 is 2.74 bits per heavy atom. The van der Waals surface area contributed by atoms with Crippen LogP contribution in [-0.4, -0.2) is 58.7 Å². The zero-order valence-electron chi connectivity index (χ0n) is 22.7. The van der Waals surface area contributed by atoms with E-state index in [1.165, 1.54) is 6.08 Å². The minimum absolute atomic E-state index is 0.320. The van der Waals surface area contributed by atoms with E-state index in [2.05, 4.69) is 58.5 Å². The zero-order chi connectivity index (χ0) is 27.2. The third-order valence-corrected chi connectivity index (χ3v) is 6.64. The molecule has 0 aliphatic rings. The van der Waals surface area contributed by atoms with E-state index in [9.17, 15) is 4.79 Å². The highest BCUT2D eigenvalue weighted by Gasteiger charge is 2.17. The normalized spacial score (nSPS) is 11.2. The van der Waals surface area contributed by atoms with E-state index in [0.29, 0.717) is 42.1 Å². The molecule has 0 radical (unpaired) electrons. The summed E-state index contributed by atoms with van der Waals surface area (Å²) in [6.07, 6.45) is 5.50. The smallest absolute Gasteiger partial charge is 0.247 e. The van der Waals surface area contributed by atoms with E-state index in [4.69, 9.17) is 14.5 Å². The number of para-hydroxylation sites is 1. The van der Waals surface area contributed by atoms with Crippen LogP contribution in [0, 0.1) is 0 Å². The molecule has 0 aliphatic heterocycles. The van der Waals surface area contributed by atoms with Crippen molar-refractivity contribution >= 4 is 22.5 Å². The average Bonchev–Trinajstić information content (AvgIpc) is 3.26. The lowest BCUT2D eigenvalue weighted by Gasteiger charge is -2.22. The molecule has 8 nitrogen and oxygen atoms in total. The van der Waals surface area contributed by atoms with Gasteiger partial charge in [-0.05, 0) is 45.2 Å². The Morgan fingerprint density at radius 2 is 2.00 bits per heavy atom. The van der Waals surface area contributed by atoms with E-state index >= 15 is 0 Å². The van der Waals surface area contributed by atoms with Crippen LogP contribution in [0.25, 0.3) is 22.2 Å². The van der Waals surface area contributed by atoms with Crippen molar-refractivity contribution in [1.82, 2.24) is 19.4 Å². The van der Waals surface area contributed by atoms with Gasteiger partial charge < -0.3 is 24.3 Å². The summed E-state index contributed by atoms with van der Waals surface area (Å²) in [5.74, 6) is 1.48. The number of hydrogen-bond acceptors (Lipinski definition) is 6. The molecule has 0 unspecified atom stereocenters. The second-order valence-corrected chi connectivity index (χ2v) is 9.48. The summed E-state index contributed by atoms with van der Waals surface area (Å²) in [6.45, 7) is 9.03. The van der Waals surface area contributed by atoms with Gasteiger partial charge in [0.15, 0.2) is 0 Å². The highest BCUT2D eigenvalue weighted by molar-refractivity contribution is 6.00. The molecule has 0 saturated carbocycles. The van der Waals surface area contributed by atoms with Crippen LogP contribution in [0.1, 0.15) is 25.2 Å². The molecule has 0 atom stereocenters. The Hall–Kier alpha value is -4.17. The number of methoxy groups -OCH3 is 1. The fourth-order valence-corrected chi connectivity index (χ4v) is 4.24. The van der Waals surface area contributed by atoms with Crippen LogP contribution in [0.2, 0.25) is 0 Å². The lowest BCUT2D eigenvalue weighted by molar-refractivity contribution is -0.111. The maximum absolute atomic E-state index is 12.2. The van der Waals surface area contributed by atoms with E-state index < -0.39 is 0 Å². The van der Waals surface area contributed by atoms with Crippen molar-refractivity contribution in [2.75, 3.05) is 32.6 Å². The van der Waals surface area contributed by atoms with Crippen LogP contribution < -0.4 is 14.8 Å². The predicted molar refractivity (Wildman–Crippen MR) is 152 cm³/mol. The molecule has 4 rings (SSSR count). The van der Waals surface area contributed by atoms with Gasteiger partial charge in [0, 0.05) is 66.5 Å². The SMILES string of the molecule is C=CC(=O)Nc1cc(Cc2nccc(-c3cn(C)c4ccccc34)n2)c(OC)cc1OCCN(C)C(C)C. The molecule has 38 heavy (non-hydrogen) atoms. The molecule has 0 saturated heterocycles. The van der Waals surface area contributed by atoms with Crippen molar-refractivity contribution in [2.45, 2.75) is 26.3 Å². The van der Waals surface area contributed by atoms with Crippen molar-refractivity contribution in [3.8, 4) is 22.8 Å². The number of hydrogen-bond donors (Lipinski definition) is 1. The maximum Gasteiger partial charge on any atom is 0.247 e.